The Labute approximate surface area is 103 Å². The maximum absolute atomic E-state index is 11.7. The first kappa shape index (κ1) is 13.4. The van der Waals surface area contributed by atoms with Crippen molar-refractivity contribution in [3.8, 4) is 0 Å². The van der Waals surface area contributed by atoms with Crippen LogP contribution in [0.25, 0.3) is 0 Å². The Balaban J connectivity index is 2.90. The highest BCUT2D eigenvalue weighted by molar-refractivity contribution is 6.31. The van der Waals surface area contributed by atoms with Gasteiger partial charge in [0.1, 0.15) is 5.56 Å². The maximum atomic E-state index is 11.7. The summed E-state index contributed by atoms with van der Waals surface area (Å²) in [5.41, 5.74) is -0.282. The van der Waals surface area contributed by atoms with Gasteiger partial charge in [0, 0.05) is 24.2 Å². The molecule has 92 valence electrons. The number of nitrogens with one attached hydrogen (secondary N) is 2. The molecule has 17 heavy (non-hydrogen) atoms. The van der Waals surface area contributed by atoms with Gasteiger partial charge in [-0.3, -0.25) is 14.9 Å². The van der Waals surface area contributed by atoms with Crippen LogP contribution in [0, 0.1) is 10.1 Å². The van der Waals surface area contributed by atoms with Gasteiger partial charge in [-0.1, -0.05) is 11.6 Å². The van der Waals surface area contributed by atoms with Gasteiger partial charge in [-0.2, -0.15) is 0 Å². The summed E-state index contributed by atoms with van der Waals surface area (Å²) in [5, 5.41) is 16.4. The molecule has 0 heterocycles. The smallest absolute Gasteiger partial charge is 0.282 e. The predicted octanol–water partition coefficient (Wildman–Crippen LogP) is 1.20. The Bertz CT molecular complexity index is 437. The van der Waals surface area contributed by atoms with Crippen LogP contribution in [-0.4, -0.2) is 31.0 Å². The van der Waals surface area contributed by atoms with E-state index in [2.05, 4.69) is 10.6 Å². The molecule has 2 N–H and O–H groups in total. The number of likely N-dealkylation sites (N-methyl/N-ethyl adjacent to an activating group) is 1. The van der Waals surface area contributed by atoms with Crippen LogP contribution in [0.2, 0.25) is 5.02 Å². The average molecular weight is 258 g/mol. The zero-order chi connectivity index (χ0) is 12.8. The van der Waals surface area contributed by atoms with E-state index < -0.39 is 10.8 Å². The molecular weight excluding hydrogens is 246 g/mol. The summed E-state index contributed by atoms with van der Waals surface area (Å²) in [6, 6.07) is 3.88. The van der Waals surface area contributed by atoms with Crippen LogP contribution >= 0.6 is 11.6 Å². The zero-order valence-corrected chi connectivity index (χ0v) is 9.95. The molecule has 1 aromatic carbocycles. The first-order valence-corrected chi connectivity index (χ1v) is 5.30. The predicted molar refractivity (Wildman–Crippen MR) is 64.4 cm³/mol. The minimum absolute atomic E-state index is 0.0291. The van der Waals surface area contributed by atoms with Crippen molar-refractivity contribution >= 4 is 23.2 Å². The number of hydrogen-bond acceptors (Lipinski definition) is 4. The summed E-state index contributed by atoms with van der Waals surface area (Å²) in [6.45, 7) is 0.971. The summed E-state index contributed by atoms with van der Waals surface area (Å²) in [4.78, 5) is 21.8. The van der Waals surface area contributed by atoms with Crippen molar-refractivity contribution in [3.63, 3.8) is 0 Å². The third-order valence-corrected chi connectivity index (χ3v) is 2.30. The highest BCUT2D eigenvalue weighted by Gasteiger charge is 2.19. The number of nitro benzene ring substituents is 1. The lowest BCUT2D eigenvalue weighted by atomic mass is 10.1. The summed E-state index contributed by atoms with van der Waals surface area (Å²) >= 11 is 5.71. The molecule has 0 fully saturated rings. The van der Waals surface area contributed by atoms with Gasteiger partial charge < -0.3 is 10.6 Å². The molecule has 0 radical (unpaired) electrons. The SMILES string of the molecule is CNCCNC(=O)c1cc(Cl)ccc1[N+](=O)[O-]. The molecular formula is C10H12ClN3O3. The lowest BCUT2D eigenvalue weighted by molar-refractivity contribution is -0.385. The largest absolute Gasteiger partial charge is 0.351 e. The minimum atomic E-state index is -0.608. The molecule has 0 saturated carbocycles. The number of hydrogen-bond donors (Lipinski definition) is 2. The Morgan fingerprint density at radius 2 is 2.18 bits per heavy atom. The number of amides is 1. The Hall–Kier alpha value is -1.66. The number of rotatable bonds is 5. The van der Waals surface area contributed by atoms with E-state index >= 15 is 0 Å². The number of carbonyl (C=O) groups is 1. The van der Waals surface area contributed by atoms with Gasteiger partial charge in [0.25, 0.3) is 11.6 Å². The number of benzene rings is 1. The van der Waals surface area contributed by atoms with Crippen LogP contribution in [0.15, 0.2) is 18.2 Å². The molecule has 0 aliphatic heterocycles. The van der Waals surface area contributed by atoms with Gasteiger partial charge in [0.2, 0.25) is 0 Å². The molecule has 0 bridgehead atoms. The van der Waals surface area contributed by atoms with Crippen LogP contribution in [0.1, 0.15) is 10.4 Å². The minimum Gasteiger partial charge on any atom is -0.351 e. The van der Waals surface area contributed by atoms with Crippen molar-refractivity contribution in [2.45, 2.75) is 0 Å². The summed E-state index contributed by atoms with van der Waals surface area (Å²) < 4.78 is 0. The monoisotopic (exact) mass is 257 g/mol. The third kappa shape index (κ3) is 3.69. The molecule has 0 aliphatic rings. The number of nitro groups is 1. The molecule has 0 unspecified atom stereocenters. The molecule has 0 aliphatic carbocycles. The van der Waals surface area contributed by atoms with Crippen molar-refractivity contribution in [2.75, 3.05) is 20.1 Å². The molecule has 1 amide bonds. The Morgan fingerprint density at radius 1 is 1.47 bits per heavy atom. The van der Waals surface area contributed by atoms with Gasteiger partial charge >= 0.3 is 0 Å². The lowest BCUT2D eigenvalue weighted by Gasteiger charge is -2.05. The van der Waals surface area contributed by atoms with Gasteiger partial charge in [0.05, 0.1) is 4.92 Å². The average Bonchev–Trinajstić information content (AvgIpc) is 2.28. The normalized spacial score (nSPS) is 10.0. The lowest BCUT2D eigenvalue weighted by Crippen LogP contribution is -2.30. The van der Waals surface area contributed by atoms with Crippen LogP contribution in [0.4, 0.5) is 5.69 Å². The van der Waals surface area contributed by atoms with Crippen molar-refractivity contribution in [1.29, 1.82) is 0 Å². The quantitative estimate of drug-likeness (QED) is 0.472. The van der Waals surface area contributed by atoms with Crippen molar-refractivity contribution < 1.29 is 9.72 Å². The zero-order valence-electron chi connectivity index (χ0n) is 9.20. The molecule has 0 spiro atoms. The van der Waals surface area contributed by atoms with E-state index in [1.54, 1.807) is 7.05 Å². The van der Waals surface area contributed by atoms with Gasteiger partial charge in [-0.25, -0.2) is 0 Å². The van der Waals surface area contributed by atoms with E-state index in [-0.39, 0.29) is 16.3 Å². The van der Waals surface area contributed by atoms with Crippen molar-refractivity contribution in [1.82, 2.24) is 10.6 Å². The van der Waals surface area contributed by atoms with E-state index in [9.17, 15) is 14.9 Å². The van der Waals surface area contributed by atoms with Gasteiger partial charge in [-0.05, 0) is 19.2 Å². The second-order valence-corrected chi connectivity index (χ2v) is 3.71. The summed E-state index contributed by atoms with van der Waals surface area (Å²) in [7, 11) is 1.74. The first-order valence-electron chi connectivity index (χ1n) is 4.93. The highest BCUT2D eigenvalue weighted by Crippen LogP contribution is 2.22. The van der Waals surface area contributed by atoms with E-state index in [1.807, 2.05) is 0 Å². The van der Waals surface area contributed by atoms with Crippen LogP contribution < -0.4 is 10.6 Å². The Morgan fingerprint density at radius 3 is 2.76 bits per heavy atom. The Kier molecular flexibility index (Phi) is 4.86. The number of carbonyl (C=O) groups excluding carboxylic acids is 1. The van der Waals surface area contributed by atoms with E-state index in [1.165, 1.54) is 18.2 Å². The van der Waals surface area contributed by atoms with E-state index in [0.717, 1.165) is 0 Å². The fourth-order valence-electron chi connectivity index (χ4n) is 1.25. The van der Waals surface area contributed by atoms with Crippen molar-refractivity contribution in [2.24, 2.45) is 0 Å². The van der Waals surface area contributed by atoms with Crippen molar-refractivity contribution in [3.05, 3.63) is 38.9 Å². The third-order valence-electron chi connectivity index (χ3n) is 2.06. The first-order chi connectivity index (χ1) is 8.06. The van der Waals surface area contributed by atoms with E-state index in [0.29, 0.717) is 13.1 Å². The van der Waals surface area contributed by atoms with Gasteiger partial charge in [-0.15, -0.1) is 0 Å². The maximum Gasteiger partial charge on any atom is 0.282 e. The molecule has 6 nitrogen and oxygen atoms in total. The highest BCUT2D eigenvalue weighted by atomic mass is 35.5. The standard InChI is InChI=1S/C10H12ClN3O3/c1-12-4-5-13-10(15)8-6-7(11)2-3-9(8)14(16)17/h2-3,6,12H,4-5H2,1H3,(H,13,15). The topological polar surface area (TPSA) is 84.3 Å². The number of halogens is 1. The van der Waals surface area contributed by atoms with Gasteiger partial charge in [0.15, 0.2) is 0 Å². The fourth-order valence-corrected chi connectivity index (χ4v) is 1.42. The molecule has 0 saturated heterocycles. The second-order valence-electron chi connectivity index (χ2n) is 3.28. The van der Waals surface area contributed by atoms with Crippen LogP contribution in [-0.2, 0) is 0 Å². The fraction of sp³-hybridized carbons (Fsp3) is 0.300. The van der Waals surface area contributed by atoms with Crippen LogP contribution in [0.5, 0.6) is 0 Å². The molecule has 0 atom stereocenters. The molecule has 0 aromatic heterocycles. The molecule has 7 heteroatoms. The van der Waals surface area contributed by atoms with E-state index in [4.69, 9.17) is 11.6 Å². The number of nitrogens with zero attached hydrogens (tertiary/aromatic N) is 1. The summed E-state index contributed by atoms with van der Waals surface area (Å²) in [5.74, 6) is -0.505. The molecule has 1 rings (SSSR count). The van der Waals surface area contributed by atoms with Crippen LogP contribution in [0.3, 0.4) is 0 Å². The second kappa shape index (κ2) is 6.17. The molecule has 1 aromatic rings. The summed E-state index contributed by atoms with van der Waals surface area (Å²) in [6.07, 6.45) is 0.